The Bertz CT molecular complexity index is 715. The van der Waals surface area contributed by atoms with E-state index in [0.29, 0.717) is 15.2 Å². The summed E-state index contributed by atoms with van der Waals surface area (Å²) in [7, 11) is 0. The van der Waals surface area contributed by atoms with Crippen LogP contribution < -0.4 is 10.6 Å². The number of carbonyl (C=O) groups is 1. The SMILES string of the molecule is O=C(NCCSc1nnc(Nc2cccc(Br)c2)s1)OCC(F)(F)F. The Hall–Kier alpha value is -1.53. The number of hydrogen-bond donors (Lipinski definition) is 2. The number of nitrogens with one attached hydrogen (secondary N) is 2. The average Bonchev–Trinajstić information content (AvgIpc) is 2.96. The number of carbonyl (C=O) groups excluding carboxylic acids is 1. The standard InChI is InChI=1S/C13H12BrF3N4O2S2/c14-8-2-1-3-9(6-8)19-10-20-21-12(25-10)24-5-4-18-11(22)23-7-13(15,16)17/h1-3,6H,4-5,7H2,(H,18,22)(H,19,20). The van der Waals surface area contributed by atoms with E-state index in [1.807, 2.05) is 24.3 Å². The first-order valence-corrected chi connectivity index (χ1v) is 9.37. The summed E-state index contributed by atoms with van der Waals surface area (Å²) in [4.78, 5) is 11.1. The third-order valence-corrected chi connectivity index (χ3v) is 4.91. The normalized spacial score (nSPS) is 11.2. The lowest BCUT2D eigenvalue weighted by atomic mass is 10.3. The van der Waals surface area contributed by atoms with Crippen LogP contribution in [-0.2, 0) is 4.74 Å². The number of aromatic nitrogens is 2. The largest absolute Gasteiger partial charge is 0.440 e. The van der Waals surface area contributed by atoms with Crippen molar-refractivity contribution in [2.75, 3.05) is 24.2 Å². The number of nitrogens with zero attached hydrogens (tertiary/aromatic N) is 2. The van der Waals surface area contributed by atoms with Crippen molar-refractivity contribution in [2.45, 2.75) is 10.5 Å². The van der Waals surface area contributed by atoms with E-state index in [9.17, 15) is 18.0 Å². The highest BCUT2D eigenvalue weighted by Crippen LogP contribution is 2.28. The van der Waals surface area contributed by atoms with Gasteiger partial charge in [-0.25, -0.2) is 4.79 Å². The maximum atomic E-state index is 11.9. The van der Waals surface area contributed by atoms with Crippen LogP contribution in [0.1, 0.15) is 0 Å². The van der Waals surface area contributed by atoms with Crippen LogP contribution in [0.25, 0.3) is 0 Å². The van der Waals surface area contributed by atoms with Crippen LogP contribution in [0.2, 0.25) is 0 Å². The Kier molecular flexibility index (Phi) is 7.32. The summed E-state index contributed by atoms with van der Waals surface area (Å²) >= 11 is 6.02. The summed E-state index contributed by atoms with van der Waals surface area (Å²) in [5.41, 5.74) is 0.858. The smallest absolute Gasteiger partial charge is 0.422 e. The molecule has 0 radical (unpaired) electrons. The minimum absolute atomic E-state index is 0.148. The molecule has 0 spiro atoms. The Morgan fingerprint density at radius 3 is 2.88 bits per heavy atom. The first-order chi connectivity index (χ1) is 11.8. The molecule has 1 heterocycles. The van der Waals surface area contributed by atoms with Gasteiger partial charge in [0.25, 0.3) is 0 Å². The molecule has 12 heteroatoms. The fraction of sp³-hybridized carbons (Fsp3) is 0.308. The van der Waals surface area contributed by atoms with E-state index >= 15 is 0 Å². The van der Waals surface area contributed by atoms with Crippen molar-refractivity contribution in [3.8, 4) is 0 Å². The van der Waals surface area contributed by atoms with Crippen molar-refractivity contribution in [1.29, 1.82) is 0 Å². The molecule has 0 bridgehead atoms. The van der Waals surface area contributed by atoms with Crippen LogP contribution in [0.4, 0.5) is 28.8 Å². The van der Waals surface area contributed by atoms with E-state index in [1.165, 1.54) is 23.1 Å². The Labute approximate surface area is 157 Å². The van der Waals surface area contributed by atoms with Crippen molar-refractivity contribution in [1.82, 2.24) is 15.5 Å². The Morgan fingerprint density at radius 1 is 1.36 bits per heavy atom. The number of anilines is 2. The number of benzene rings is 1. The van der Waals surface area contributed by atoms with Crippen molar-refractivity contribution >= 4 is 55.9 Å². The maximum Gasteiger partial charge on any atom is 0.422 e. The minimum atomic E-state index is -4.53. The minimum Gasteiger partial charge on any atom is -0.440 e. The summed E-state index contributed by atoms with van der Waals surface area (Å²) in [6.45, 7) is -1.46. The van der Waals surface area contributed by atoms with Gasteiger partial charge >= 0.3 is 12.3 Å². The molecule has 0 aliphatic carbocycles. The van der Waals surface area contributed by atoms with Crippen LogP contribution in [0.3, 0.4) is 0 Å². The van der Waals surface area contributed by atoms with Crippen LogP contribution in [0.15, 0.2) is 33.1 Å². The highest BCUT2D eigenvalue weighted by Gasteiger charge is 2.29. The van der Waals surface area contributed by atoms with Crippen LogP contribution in [0, 0.1) is 0 Å². The lowest BCUT2D eigenvalue weighted by Crippen LogP contribution is -2.30. The van der Waals surface area contributed by atoms with E-state index < -0.39 is 18.9 Å². The molecule has 25 heavy (non-hydrogen) atoms. The molecule has 2 N–H and O–H groups in total. The van der Waals surface area contributed by atoms with E-state index in [2.05, 4.69) is 41.5 Å². The topological polar surface area (TPSA) is 76.1 Å². The molecule has 1 amide bonds. The fourth-order valence-corrected chi connectivity index (χ4v) is 3.59. The number of ether oxygens (including phenoxy) is 1. The number of rotatable bonds is 7. The average molecular weight is 457 g/mol. The maximum absolute atomic E-state index is 11.9. The van der Waals surface area contributed by atoms with E-state index in [4.69, 9.17) is 0 Å². The van der Waals surface area contributed by atoms with Gasteiger partial charge in [0.05, 0.1) is 0 Å². The molecule has 1 aromatic carbocycles. The number of alkyl halides is 3. The van der Waals surface area contributed by atoms with Gasteiger partial charge in [0.1, 0.15) is 0 Å². The quantitative estimate of drug-likeness (QED) is 0.474. The summed E-state index contributed by atoms with van der Waals surface area (Å²) in [5.74, 6) is 0.423. The predicted molar refractivity (Wildman–Crippen MR) is 93.5 cm³/mol. The first kappa shape index (κ1) is 19.8. The first-order valence-electron chi connectivity index (χ1n) is 6.78. The molecule has 2 rings (SSSR count). The van der Waals surface area contributed by atoms with Gasteiger partial charge in [-0.15, -0.1) is 10.2 Å². The van der Waals surface area contributed by atoms with Gasteiger partial charge in [0.15, 0.2) is 10.9 Å². The zero-order valence-electron chi connectivity index (χ0n) is 12.5. The van der Waals surface area contributed by atoms with Gasteiger partial charge < -0.3 is 15.4 Å². The number of halogens is 4. The highest BCUT2D eigenvalue weighted by atomic mass is 79.9. The number of thioether (sulfide) groups is 1. The van der Waals surface area contributed by atoms with Crippen molar-refractivity contribution in [3.05, 3.63) is 28.7 Å². The zero-order chi connectivity index (χ0) is 18.3. The molecule has 6 nitrogen and oxygen atoms in total. The Balaban J connectivity index is 1.68. The summed E-state index contributed by atoms with van der Waals surface area (Å²) < 4.78 is 41.2. The Morgan fingerprint density at radius 2 is 2.16 bits per heavy atom. The molecule has 136 valence electrons. The van der Waals surface area contributed by atoms with E-state index in [0.717, 1.165) is 10.2 Å². The molecule has 0 saturated carbocycles. The lowest BCUT2D eigenvalue weighted by Gasteiger charge is -2.08. The summed E-state index contributed by atoms with van der Waals surface area (Å²) in [5, 5.41) is 13.9. The van der Waals surface area contributed by atoms with Crippen molar-refractivity contribution in [3.63, 3.8) is 0 Å². The summed E-state index contributed by atoms with van der Waals surface area (Å²) in [6.07, 6.45) is -5.64. The highest BCUT2D eigenvalue weighted by molar-refractivity contribution is 9.10. The van der Waals surface area contributed by atoms with Crippen molar-refractivity contribution in [2.24, 2.45) is 0 Å². The molecule has 0 aliphatic heterocycles. The van der Waals surface area contributed by atoms with E-state index in [-0.39, 0.29) is 6.54 Å². The second-order valence-electron chi connectivity index (χ2n) is 4.48. The second kappa shape index (κ2) is 9.25. The van der Waals surface area contributed by atoms with Crippen LogP contribution >= 0.6 is 39.0 Å². The lowest BCUT2D eigenvalue weighted by molar-refractivity contribution is -0.160. The van der Waals surface area contributed by atoms with Gasteiger partial charge in [0, 0.05) is 22.5 Å². The molecule has 2 aromatic rings. The van der Waals surface area contributed by atoms with Crippen LogP contribution in [0.5, 0.6) is 0 Å². The molecule has 0 saturated heterocycles. The molecule has 0 aliphatic rings. The monoisotopic (exact) mass is 456 g/mol. The molecule has 0 unspecified atom stereocenters. The van der Waals surface area contributed by atoms with Gasteiger partial charge in [-0.05, 0) is 18.2 Å². The number of alkyl carbamates (subject to hydrolysis) is 1. The number of amides is 1. The van der Waals surface area contributed by atoms with Gasteiger partial charge in [0.2, 0.25) is 5.13 Å². The van der Waals surface area contributed by atoms with Gasteiger partial charge in [-0.1, -0.05) is 45.1 Å². The number of hydrogen-bond acceptors (Lipinski definition) is 7. The second-order valence-corrected chi connectivity index (χ2v) is 7.71. The van der Waals surface area contributed by atoms with Gasteiger partial charge in [-0.3, -0.25) is 0 Å². The third-order valence-electron chi connectivity index (χ3n) is 2.45. The molecular weight excluding hydrogens is 445 g/mol. The molecule has 0 atom stereocenters. The fourth-order valence-electron chi connectivity index (χ4n) is 1.50. The van der Waals surface area contributed by atoms with E-state index in [1.54, 1.807) is 0 Å². The van der Waals surface area contributed by atoms with Crippen molar-refractivity contribution < 1.29 is 22.7 Å². The third kappa shape index (κ3) is 7.92. The zero-order valence-corrected chi connectivity index (χ0v) is 15.7. The molecular formula is C13H12BrF3N4O2S2. The summed E-state index contributed by atoms with van der Waals surface area (Å²) in [6, 6.07) is 7.56. The van der Waals surface area contributed by atoms with Gasteiger partial charge in [-0.2, -0.15) is 13.2 Å². The predicted octanol–water partition coefficient (Wildman–Crippen LogP) is 4.42. The molecule has 1 aromatic heterocycles. The molecule has 0 fully saturated rings. The van der Waals surface area contributed by atoms with Crippen LogP contribution in [-0.4, -0.2) is 41.4 Å².